The topological polar surface area (TPSA) is 67.9 Å². The second-order valence-electron chi connectivity index (χ2n) is 6.41. The molecule has 0 fully saturated rings. The Hall–Kier alpha value is -2.86. The Bertz CT molecular complexity index is 804. The molecule has 0 spiro atoms. The van der Waals surface area contributed by atoms with Gasteiger partial charge in [0.05, 0.1) is 18.8 Å². The Kier molecular flexibility index (Phi) is 6.08. The van der Waals surface area contributed by atoms with E-state index in [4.69, 9.17) is 9.47 Å². The number of fused-ring (bicyclic) bond motifs is 1. The number of ether oxygens (including phenoxy) is 2. The largest absolute Gasteiger partial charge is 0.477 e. The molecule has 0 aliphatic carbocycles. The fourth-order valence-corrected chi connectivity index (χ4v) is 2.99. The molecule has 2 aromatic carbocycles. The predicted molar refractivity (Wildman–Crippen MR) is 103 cm³/mol. The van der Waals surface area contributed by atoms with Crippen molar-refractivity contribution in [1.29, 1.82) is 0 Å². The molecule has 0 unspecified atom stereocenters. The van der Waals surface area contributed by atoms with E-state index in [2.05, 4.69) is 5.32 Å². The number of nitrogens with zero attached hydrogens (tertiary/aromatic N) is 1. The fraction of sp³-hybridized carbons (Fsp3) is 0.333. The van der Waals surface area contributed by atoms with Crippen molar-refractivity contribution in [3.8, 4) is 5.75 Å². The maximum atomic E-state index is 13.1. The van der Waals surface area contributed by atoms with Crippen LogP contribution in [0.15, 0.2) is 48.5 Å². The van der Waals surface area contributed by atoms with Crippen LogP contribution >= 0.6 is 0 Å². The molecular weight excluding hydrogens is 344 g/mol. The van der Waals surface area contributed by atoms with Gasteiger partial charge in [-0.2, -0.15) is 0 Å². The van der Waals surface area contributed by atoms with Crippen LogP contribution in [0.2, 0.25) is 0 Å². The molecule has 1 aliphatic heterocycles. The van der Waals surface area contributed by atoms with Crippen LogP contribution in [-0.2, 0) is 16.1 Å². The summed E-state index contributed by atoms with van der Waals surface area (Å²) in [5.74, 6) is 0.160. The molecular formula is C21H24N2O4. The number of hydrogen-bond donors (Lipinski definition) is 1. The van der Waals surface area contributed by atoms with Gasteiger partial charge in [0.25, 0.3) is 11.8 Å². The predicted octanol–water partition coefficient (Wildman–Crippen LogP) is 2.77. The SMILES string of the molecule is CCCNC(=O)[C@@H]1CN(C(=O)c2ccc(COC)cc2)c2ccccc2O1. The van der Waals surface area contributed by atoms with E-state index in [1.807, 2.05) is 37.3 Å². The lowest BCUT2D eigenvalue weighted by molar-refractivity contribution is -0.127. The molecule has 1 aliphatic rings. The summed E-state index contributed by atoms with van der Waals surface area (Å²) in [6, 6.07) is 14.6. The highest BCUT2D eigenvalue weighted by atomic mass is 16.5. The first kappa shape index (κ1) is 18.9. The normalized spacial score (nSPS) is 15.6. The second kappa shape index (κ2) is 8.68. The van der Waals surface area contributed by atoms with Gasteiger partial charge in [0, 0.05) is 19.2 Å². The van der Waals surface area contributed by atoms with Gasteiger partial charge in [-0.1, -0.05) is 31.2 Å². The third-order valence-corrected chi connectivity index (χ3v) is 4.37. The molecule has 2 amide bonds. The first-order valence-corrected chi connectivity index (χ1v) is 9.07. The lowest BCUT2D eigenvalue weighted by Gasteiger charge is -2.34. The quantitative estimate of drug-likeness (QED) is 0.851. The van der Waals surface area contributed by atoms with Crippen molar-refractivity contribution in [2.45, 2.75) is 26.1 Å². The summed E-state index contributed by atoms with van der Waals surface area (Å²) in [6.45, 7) is 3.23. The Morgan fingerprint density at radius 3 is 2.63 bits per heavy atom. The average Bonchev–Trinajstić information content (AvgIpc) is 2.71. The molecule has 1 N–H and O–H groups in total. The fourth-order valence-electron chi connectivity index (χ4n) is 2.99. The number of methoxy groups -OCH3 is 1. The highest BCUT2D eigenvalue weighted by Crippen LogP contribution is 2.34. The number of rotatable bonds is 6. The van der Waals surface area contributed by atoms with E-state index in [-0.39, 0.29) is 18.4 Å². The second-order valence-corrected chi connectivity index (χ2v) is 6.41. The molecule has 6 nitrogen and oxygen atoms in total. The van der Waals surface area contributed by atoms with Gasteiger partial charge in [-0.25, -0.2) is 0 Å². The van der Waals surface area contributed by atoms with E-state index in [0.29, 0.717) is 30.2 Å². The zero-order valence-electron chi connectivity index (χ0n) is 15.6. The molecule has 1 heterocycles. The summed E-state index contributed by atoms with van der Waals surface area (Å²) in [4.78, 5) is 27.1. The third-order valence-electron chi connectivity index (χ3n) is 4.37. The van der Waals surface area contributed by atoms with Gasteiger partial charge < -0.3 is 19.7 Å². The van der Waals surface area contributed by atoms with Gasteiger partial charge >= 0.3 is 0 Å². The maximum Gasteiger partial charge on any atom is 0.262 e. The van der Waals surface area contributed by atoms with Crippen LogP contribution in [0, 0.1) is 0 Å². The van der Waals surface area contributed by atoms with E-state index in [1.165, 1.54) is 0 Å². The monoisotopic (exact) mass is 368 g/mol. The van der Waals surface area contributed by atoms with Crippen molar-refractivity contribution in [3.63, 3.8) is 0 Å². The van der Waals surface area contributed by atoms with Crippen LogP contribution in [0.25, 0.3) is 0 Å². The van der Waals surface area contributed by atoms with Gasteiger partial charge in [0.15, 0.2) is 6.10 Å². The smallest absolute Gasteiger partial charge is 0.262 e. The molecule has 27 heavy (non-hydrogen) atoms. The van der Waals surface area contributed by atoms with Gasteiger partial charge in [-0.05, 0) is 36.2 Å². The van der Waals surface area contributed by atoms with Crippen molar-refractivity contribution in [2.75, 3.05) is 25.1 Å². The summed E-state index contributed by atoms with van der Waals surface area (Å²) in [6.07, 6.45) is 0.106. The van der Waals surface area contributed by atoms with Gasteiger partial charge in [-0.15, -0.1) is 0 Å². The van der Waals surface area contributed by atoms with Crippen molar-refractivity contribution >= 4 is 17.5 Å². The molecule has 0 radical (unpaired) electrons. The number of amides is 2. The number of hydrogen-bond acceptors (Lipinski definition) is 4. The minimum absolute atomic E-state index is 0.164. The molecule has 1 atom stereocenters. The van der Waals surface area contributed by atoms with E-state index in [9.17, 15) is 9.59 Å². The molecule has 0 saturated carbocycles. The molecule has 6 heteroatoms. The standard InChI is InChI=1S/C21H24N2O4/c1-3-12-22-20(24)19-13-23(17-6-4-5-7-18(17)27-19)21(25)16-10-8-15(9-11-16)14-26-2/h4-11,19H,3,12-14H2,1-2H3,(H,22,24)/t19-/m0/s1. The first-order valence-electron chi connectivity index (χ1n) is 9.07. The highest BCUT2D eigenvalue weighted by Gasteiger charge is 2.33. The zero-order chi connectivity index (χ0) is 19.2. The minimum atomic E-state index is -0.733. The van der Waals surface area contributed by atoms with E-state index in [1.54, 1.807) is 30.2 Å². The van der Waals surface area contributed by atoms with E-state index < -0.39 is 6.10 Å². The Morgan fingerprint density at radius 1 is 1.19 bits per heavy atom. The number of carbonyl (C=O) groups is 2. The Morgan fingerprint density at radius 2 is 1.93 bits per heavy atom. The number of nitrogens with one attached hydrogen (secondary N) is 1. The van der Waals surface area contributed by atoms with Gasteiger partial charge in [0.1, 0.15) is 5.75 Å². The number of anilines is 1. The molecule has 0 aromatic heterocycles. The Balaban J connectivity index is 1.85. The minimum Gasteiger partial charge on any atom is -0.477 e. The van der Waals surface area contributed by atoms with Gasteiger partial charge in [0.2, 0.25) is 0 Å². The summed E-state index contributed by atoms with van der Waals surface area (Å²) < 4.78 is 10.9. The van der Waals surface area contributed by atoms with Crippen LogP contribution < -0.4 is 15.0 Å². The number of para-hydroxylation sites is 2. The summed E-state index contributed by atoms with van der Waals surface area (Å²) in [7, 11) is 1.63. The van der Waals surface area contributed by atoms with Crippen molar-refractivity contribution in [1.82, 2.24) is 5.32 Å². The van der Waals surface area contributed by atoms with Crippen LogP contribution in [0.1, 0.15) is 29.3 Å². The summed E-state index contributed by atoms with van der Waals surface area (Å²) in [5, 5.41) is 2.84. The Labute approximate surface area is 159 Å². The molecule has 2 aromatic rings. The van der Waals surface area contributed by atoms with Crippen molar-refractivity contribution in [2.24, 2.45) is 0 Å². The van der Waals surface area contributed by atoms with Crippen LogP contribution in [0.5, 0.6) is 5.75 Å². The van der Waals surface area contributed by atoms with E-state index >= 15 is 0 Å². The van der Waals surface area contributed by atoms with Gasteiger partial charge in [-0.3, -0.25) is 9.59 Å². The van der Waals surface area contributed by atoms with E-state index in [0.717, 1.165) is 12.0 Å². The molecule has 0 bridgehead atoms. The molecule has 3 rings (SSSR count). The van der Waals surface area contributed by atoms with Crippen LogP contribution in [0.3, 0.4) is 0 Å². The molecule has 0 saturated heterocycles. The molecule has 142 valence electrons. The van der Waals surface area contributed by atoms with Crippen molar-refractivity contribution < 1.29 is 19.1 Å². The van der Waals surface area contributed by atoms with Crippen molar-refractivity contribution in [3.05, 3.63) is 59.7 Å². The average molecular weight is 368 g/mol. The first-order chi connectivity index (χ1) is 13.1. The lowest BCUT2D eigenvalue weighted by atomic mass is 10.1. The zero-order valence-corrected chi connectivity index (χ0v) is 15.6. The third kappa shape index (κ3) is 4.28. The lowest BCUT2D eigenvalue weighted by Crippen LogP contribution is -2.50. The number of carbonyl (C=O) groups excluding carboxylic acids is 2. The van der Waals surface area contributed by atoms with Crippen LogP contribution in [-0.4, -0.2) is 38.1 Å². The number of benzene rings is 2. The van der Waals surface area contributed by atoms with Crippen LogP contribution in [0.4, 0.5) is 5.69 Å². The highest BCUT2D eigenvalue weighted by molar-refractivity contribution is 6.07. The summed E-state index contributed by atoms with van der Waals surface area (Å²) >= 11 is 0. The summed E-state index contributed by atoms with van der Waals surface area (Å²) in [5.41, 5.74) is 2.22. The maximum absolute atomic E-state index is 13.1.